The predicted molar refractivity (Wildman–Crippen MR) is 112 cm³/mol. The zero-order valence-electron chi connectivity index (χ0n) is 17.2. The molecule has 0 bridgehead atoms. The average molecular weight is 436 g/mol. The molecule has 0 aliphatic heterocycles. The van der Waals surface area contributed by atoms with Crippen molar-refractivity contribution in [2.24, 2.45) is 5.73 Å². The lowest BCUT2D eigenvalue weighted by molar-refractivity contribution is -0.119. The number of benzene rings is 2. The number of methoxy groups -OCH3 is 1. The lowest BCUT2D eigenvalue weighted by Crippen LogP contribution is -2.40. The number of hydrogen-bond acceptors (Lipinski definition) is 6. The molecule has 2 aromatic carbocycles. The van der Waals surface area contributed by atoms with Gasteiger partial charge in [-0.2, -0.15) is 0 Å². The largest absolute Gasteiger partial charge is 0.493 e. The molecule has 30 heavy (non-hydrogen) atoms. The van der Waals surface area contributed by atoms with Gasteiger partial charge in [-0.05, 0) is 57.2 Å². The number of nitrogens with two attached hydrogens (primary N) is 1. The van der Waals surface area contributed by atoms with E-state index in [1.165, 1.54) is 37.4 Å². The minimum Gasteiger partial charge on any atom is -0.493 e. The zero-order chi connectivity index (χ0) is 22.5. The number of hydrogen-bond donors (Lipinski definition) is 3. The van der Waals surface area contributed by atoms with E-state index in [0.717, 1.165) is 0 Å². The van der Waals surface area contributed by atoms with Gasteiger partial charge in [0.25, 0.3) is 11.8 Å². The van der Waals surface area contributed by atoms with Gasteiger partial charge in [0, 0.05) is 22.9 Å². The second-order valence-corrected chi connectivity index (χ2v) is 9.14. The molecule has 0 spiro atoms. The van der Waals surface area contributed by atoms with E-state index >= 15 is 0 Å². The number of sulfonamides is 1. The van der Waals surface area contributed by atoms with Crippen LogP contribution in [0.1, 0.15) is 31.1 Å². The van der Waals surface area contributed by atoms with E-state index in [-0.39, 0.29) is 22.8 Å². The maximum atomic E-state index is 12.5. The first-order chi connectivity index (χ1) is 13.9. The van der Waals surface area contributed by atoms with Crippen molar-refractivity contribution in [2.75, 3.05) is 19.0 Å². The van der Waals surface area contributed by atoms with E-state index in [1.807, 2.05) is 0 Å². The Labute approximate surface area is 175 Å². The Hall–Kier alpha value is -3.11. The molecule has 2 aromatic rings. The summed E-state index contributed by atoms with van der Waals surface area (Å²) in [7, 11) is -2.26. The van der Waals surface area contributed by atoms with E-state index in [9.17, 15) is 18.0 Å². The van der Waals surface area contributed by atoms with Crippen LogP contribution in [0.2, 0.25) is 0 Å². The van der Waals surface area contributed by atoms with Crippen molar-refractivity contribution >= 4 is 27.5 Å². The molecule has 2 rings (SSSR count). The fourth-order valence-corrected chi connectivity index (χ4v) is 3.89. The van der Waals surface area contributed by atoms with Gasteiger partial charge in [0.2, 0.25) is 10.0 Å². The Bertz CT molecular complexity index is 1030. The Morgan fingerprint density at radius 3 is 2.20 bits per heavy atom. The fraction of sp³-hybridized carbons (Fsp3) is 0.300. The number of carbonyl (C=O) groups excluding carboxylic acids is 2. The molecule has 9 nitrogen and oxygen atoms in total. The molecule has 0 aromatic heterocycles. The Kier molecular flexibility index (Phi) is 7.06. The van der Waals surface area contributed by atoms with Crippen LogP contribution in [0.25, 0.3) is 0 Å². The van der Waals surface area contributed by atoms with Crippen molar-refractivity contribution < 1.29 is 27.5 Å². The van der Waals surface area contributed by atoms with Gasteiger partial charge in [-0.3, -0.25) is 9.59 Å². The highest BCUT2D eigenvalue weighted by Gasteiger charge is 2.22. The van der Waals surface area contributed by atoms with Crippen molar-refractivity contribution in [1.82, 2.24) is 4.72 Å². The lowest BCUT2D eigenvalue weighted by Gasteiger charge is -2.20. The summed E-state index contributed by atoms with van der Waals surface area (Å²) in [5.41, 5.74) is 5.11. The predicted octanol–water partition coefficient (Wildman–Crippen LogP) is 1.89. The normalized spacial score (nSPS) is 11.6. The van der Waals surface area contributed by atoms with Gasteiger partial charge in [0.15, 0.2) is 18.1 Å². The van der Waals surface area contributed by atoms with Gasteiger partial charge >= 0.3 is 0 Å². The van der Waals surface area contributed by atoms with Gasteiger partial charge in [0.1, 0.15) is 0 Å². The van der Waals surface area contributed by atoms with Crippen molar-refractivity contribution in [2.45, 2.75) is 31.2 Å². The van der Waals surface area contributed by atoms with Gasteiger partial charge < -0.3 is 20.5 Å². The van der Waals surface area contributed by atoms with Gasteiger partial charge in [-0.25, -0.2) is 13.1 Å². The van der Waals surface area contributed by atoms with Crippen LogP contribution in [0.15, 0.2) is 47.4 Å². The van der Waals surface area contributed by atoms with Gasteiger partial charge in [0.05, 0.1) is 12.0 Å². The summed E-state index contributed by atoms with van der Waals surface area (Å²) in [6.07, 6.45) is 0. The van der Waals surface area contributed by atoms with Crippen LogP contribution in [0.5, 0.6) is 11.5 Å². The molecule has 10 heteroatoms. The van der Waals surface area contributed by atoms with Crippen LogP contribution in [0, 0.1) is 0 Å². The number of ether oxygens (including phenoxy) is 2. The smallest absolute Gasteiger partial charge is 0.255 e. The quantitative estimate of drug-likeness (QED) is 0.579. The van der Waals surface area contributed by atoms with Gasteiger partial charge in [-0.15, -0.1) is 0 Å². The lowest BCUT2D eigenvalue weighted by atomic mass is 10.1. The molecular weight excluding hydrogens is 410 g/mol. The van der Waals surface area contributed by atoms with Crippen LogP contribution >= 0.6 is 0 Å². The average Bonchev–Trinajstić information content (AvgIpc) is 2.64. The topological polar surface area (TPSA) is 137 Å². The van der Waals surface area contributed by atoms with Crippen LogP contribution < -0.4 is 25.2 Å². The maximum Gasteiger partial charge on any atom is 0.255 e. The number of amides is 2. The minimum absolute atomic E-state index is 0.0561. The standard InChI is InChI=1S/C20H25N3O6S/c1-20(2,3)23-30(26,27)15-8-5-13(6-9-15)19(25)22-14-7-10-16(28-4)17(11-14)29-12-18(21)24/h5-11,23H,12H2,1-4H3,(H2,21,24)(H,22,25). The molecule has 0 aliphatic rings. The molecule has 0 radical (unpaired) electrons. The van der Waals surface area contributed by atoms with Gasteiger partial charge in [-0.1, -0.05) is 0 Å². The van der Waals surface area contributed by atoms with E-state index in [4.69, 9.17) is 15.2 Å². The van der Waals surface area contributed by atoms with E-state index in [1.54, 1.807) is 32.9 Å². The van der Waals surface area contributed by atoms with E-state index < -0.39 is 27.4 Å². The first-order valence-corrected chi connectivity index (χ1v) is 10.4. The third-order valence-corrected chi connectivity index (χ3v) is 5.43. The molecule has 0 fully saturated rings. The summed E-state index contributed by atoms with van der Waals surface area (Å²) in [5, 5.41) is 2.68. The van der Waals surface area contributed by atoms with Crippen LogP contribution in [0.4, 0.5) is 5.69 Å². The highest BCUT2D eigenvalue weighted by molar-refractivity contribution is 7.89. The molecule has 0 unspecified atom stereocenters. The maximum absolute atomic E-state index is 12.5. The second kappa shape index (κ2) is 9.14. The molecule has 0 saturated carbocycles. The fourth-order valence-electron chi connectivity index (χ4n) is 2.47. The number of rotatable bonds is 8. The molecule has 2 amide bonds. The SMILES string of the molecule is COc1ccc(NC(=O)c2ccc(S(=O)(=O)NC(C)(C)C)cc2)cc1OCC(N)=O. The monoisotopic (exact) mass is 435 g/mol. The Morgan fingerprint density at radius 1 is 1.03 bits per heavy atom. The minimum atomic E-state index is -3.70. The summed E-state index contributed by atoms with van der Waals surface area (Å²) in [4.78, 5) is 23.5. The number of anilines is 1. The summed E-state index contributed by atoms with van der Waals surface area (Å²) in [6, 6.07) is 10.2. The first-order valence-electron chi connectivity index (χ1n) is 8.96. The van der Waals surface area contributed by atoms with Crippen LogP contribution in [0.3, 0.4) is 0 Å². The molecule has 4 N–H and O–H groups in total. The van der Waals surface area contributed by atoms with E-state index in [2.05, 4.69) is 10.0 Å². The summed E-state index contributed by atoms with van der Waals surface area (Å²) in [6.45, 7) is 4.88. The summed E-state index contributed by atoms with van der Waals surface area (Å²) in [5.74, 6) is -0.491. The van der Waals surface area contributed by atoms with Crippen LogP contribution in [-0.4, -0.2) is 39.5 Å². The van der Waals surface area contributed by atoms with Crippen molar-refractivity contribution in [3.05, 3.63) is 48.0 Å². The molecule has 0 aliphatic carbocycles. The molecule has 0 atom stereocenters. The third-order valence-electron chi connectivity index (χ3n) is 3.66. The van der Waals surface area contributed by atoms with Crippen molar-refractivity contribution in [3.8, 4) is 11.5 Å². The summed E-state index contributed by atoms with van der Waals surface area (Å²) < 4.78 is 37.7. The highest BCUT2D eigenvalue weighted by Crippen LogP contribution is 2.30. The number of nitrogens with one attached hydrogen (secondary N) is 2. The summed E-state index contributed by atoms with van der Waals surface area (Å²) >= 11 is 0. The van der Waals surface area contributed by atoms with E-state index in [0.29, 0.717) is 11.4 Å². The second-order valence-electron chi connectivity index (χ2n) is 7.45. The Morgan fingerprint density at radius 2 is 1.67 bits per heavy atom. The van der Waals surface area contributed by atoms with Crippen molar-refractivity contribution in [3.63, 3.8) is 0 Å². The first kappa shape index (κ1) is 23.2. The number of carbonyl (C=O) groups is 2. The Balaban J connectivity index is 2.16. The number of primary amides is 1. The van der Waals surface area contributed by atoms with Crippen molar-refractivity contribution in [1.29, 1.82) is 0 Å². The molecule has 162 valence electrons. The molecule has 0 saturated heterocycles. The highest BCUT2D eigenvalue weighted by atomic mass is 32.2. The molecular formula is C20H25N3O6S. The zero-order valence-corrected chi connectivity index (χ0v) is 18.0. The third kappa shape index (κ3) is 6.46. The molecule has 0 heterocycles. The van der Waals surface area contributed by atoms with Crippen LogP contribution in [-0.2, 0) is 14.8 Å².